The normalized spacial score (nSPS) is 15.7. The smallest absolute Gasteiger partial charge is 0.136 e. The van der Waals surface area contributed by atoms with Crippen LogP contribution in [-0.2, 0) is 10.8 Å². The first kappa shape index (κ1) is 35.5. The van der Waals surface area contributed by atoms with Gasteiger partial charge >= 0.3 is 0 Å². The summed E-state index contributed by atoms with van der Waals surface area (Å²) < 4.78 is 6.46. The molecule has 0 aliphatic heterocycles. The second kappa shape index (κ2) is 13.3. The van der Waals surface area contributed by atoms with Crippen molar-refractivity contribution in [2.45, 2.75) is 31.6 Å². The van der Waals surface area contributed by atoms with E-state index in [2.05, 4.69) is 226 Å². The first-order valence-electron chi connectivity index (χ1n) is 21.3. The lowest BCUT2D eigenvalue weighted by Crippen LogP contribution is -2.23. The summed E-state index contributed by atoms with van der Waals surface area (Å²) in [6.07, 6.45) is 0. The van der Waals surface area contributed by atoms with Crippen molar-refractivity contribution >= 4 is 39.0 Å². The molecule has 0 N–H and O–H groups in total. The number of hydrogen-bond acceptors (Lipinski definition) is 2. The van der Waals surface area contributed by atoms with Gasteiger partial charge in [0.15, 0.2) is 0 Å². The van der Waals surface area contributed by atoms with Crippen molar-refractivity contribution in [1.82, 2.24) is 0 Å². The lowest BCUT2D eigenvalue weighted by Gasteiger charge is -2.32. The first-order valence-corrected chi connectivity index (χ1v) is 21.3. The molecule has 0 spiro atoms. The van der Waals surface area contributed by atoms with Crippen molar-refractivity contribution in [2.75, 3.05) is 4.90 Å². The molecule has 290 valence electrons. The van der Waals surface area contributed by atoms with Crippen LogP contribution < -0.4 is 4.90 Å². The third-order valence-electron chi connectivity index (χ3n) is 13.7. The Morgan fingerprint density at radius 2 is 0.984 bits per heavy atom. The topological polar surface area (TPSA) is 16.4 Å². The number of furan rings is 1. The van der Waals surface area contributed by atoms with E-state index in [1.54, 1.807) is 0 Å². The SMILES string of the molecule is CC1(C)c2ccccc2-c2cccc(-c3cccc(N(c4ccc5c(c4)C(C)(c4ccccc4)c4ccccc4-5)c4ccccc4-c4cccc5oc6ccccc6c45)c3)c21. The third kappa shape index (κ3) is 5.15. The second-order valence-electron chi connectivity index (χ2n) is 17.3. The average Bonchev–Trinajstić information content (AvgIpc) is 3.91. The minimum atomic E-state index is -0.345. The van der Waals surface area contributed by atoms with Crippen LogP contribution >= 0.6 is 0 Å². The molecule has 1 unspecified atom stereocenters. The maximum absolute atomic E-state index is 6.46. The Bertz CT molecular complexity index is 3370. The summed E-state index contributed by atoms with van der Waals surface area (Å²) in [5.41, 5.74) is 21.3. The fourth-order valence-corrected chi connectivity index (χ4v) is 10.9. The summed E-state index contributed by atoms with van der Waals surface area (Å²) in [4.78, 5) is 2.48. The number of anilines is 3. The Kier molecular flexibility index (Phi) is 7.74. The van der Waals surface area contributed by atoms with Gasteiger partial charge in [-0.1, -0.05) is 178 Å². The highest BCUT2D eigenvalue weighted by atomic mass is 16.3. The number of benzene rings is 9. The Morgan fingerprint density at radius 1 is 0.393 bits per heavy atom. The summed E-state index contributed by atoms with van der Waals surface area (Å²) in [5, 5.41) is 2.24. The molecular weight excluding hydrogens is 739 g/mol. The van der Waals surface area contributed by atoms with Crippen molar-refractivity contribution in [3.05, 3.63) is 234 Å². The number of fused-ring (bicyclic) bond motifs is 9. The van der Waals surface area contributed by atoms with Crippen LogP contribution in [0.4, 0.5) is 17.1 Å². The lowest BCUT2D eigenvalue weighted by molar-refractivity contribution is 0.662. The van der Waals surface area contributed by atoms with Gasteiger partial charge < -0.3 is 9.32 Å². The van der Waals surface area contributed by atoms with E-state index >= 15 is 0 Å². The van der Waals surface area contributed by atoms with Crippen LogP contribution in [0.5, 0.6) is 0 Å². The van der Waals surface area contributed by atoms with Gasteiger partial charge in [0.2, 0.25) is 0 Å². The van der Waals surface area contributed by atoms with Crippen LogP contribution in [0.15, 0.2) is 211 Å². The molecule has 0 radical (unpaired) electrons. The number of rotatable bonds is 6. The zero-order valence-corrected chi connectivity index (χ0v) is 34.5. The largest absolute Gasteiger partial charge is 0.456 e. The summed E-state index contributed by atoms with van der Waals surface area (Å²) >= 11 is 0. The number of nitrogens with zero attached hydrogens (tertiary/aromatic N) is 1. The van der Waals surface area contributed by atoms with Gasteiger partial charge in [-0.25, -0.2) is 0 Å². The fourth-order valence-electron chi connectivity index (χ4n) is 10.9. The van der Waals surface area contributed by atoms with E-state index < -0.39 is 0 Å². The van der Waals surface area contributed by atoms with Crippen molar-refractivity contribution in [2.24, 2.45) is 0 Å². The third-order valence-corrected chi connectivity index (χ3v) is 13.7. The highest BCUT2D eigenvalue weighted by Gasteiger charge is 2.41. The van der Waals surface area contributed by atoms with E-state index in [1.807, 2.05) is 6.07 Å². The molecule has 1 heterocycles. The second-order valence-corrected chi connectivity index (χ2v) is 17.3. The molecule has 0 amide bonds. The Hall–Kier alpha value is -7.42. The van der Waals surface area contributed by atoms with Crippen molar-refractivity contribution in [3.63, 3.8) is 0 Å². The minimum absolute atomic E-state index is 0.145. The van der Waals surface area contributed by atoms with Crippen LogP contribution in [0.1, 0.15) is 48.6 Å². The summed E-state index contributed by atoms with van der Waals surface area (Å²) in [5.74, 6) is 0. The van der Waals surface area contributed by atoms with Crippen LogP contribution in [0.3, 0.4) is 0 Å². The average molecular weight is 782 g/mol. The molecule has 0 saturated heterocycles. The first-order chi connectivity index (χ1) is 29.9. The Balaban J connectivity index is 1.11. The molecule has 2 nitrogen and oxygen atoms in total. The molecule has 0 bridgehead atoms. The van der Waals surface area contributed by atoms with Crippen LogP contribution in [-0.4, -0.2) is 0 Å². The minimum Gasteiger partial charge on any atom is -0.456 e. The maximum Gasteiger partial charge on any atom is 0.136 e. The lowest BCUT2D eigenvalue weighted by atomic mass is 9.74. The zero-order valence-electron chi connectivity index (χ0n) is 34.5. The molecule has 2 heteroatoms. The molecule has 12 rings (SSSR count). The summed E-state index contributed by atoms with van der Waals surface area (Å²) in [6.45, 7) is 7.15. The molecule has 1 aromatic heterocycles. The van der Waals surface area contributed by atoms with Gasteiger partial charge in [0, 0.05) is 38.5 Å². The standard InChI is InChI=1S/C59H43NO/c1-58(2)50-29-11-7-23-44(50)48-28-16-26-42(57(48)58)38-18-15-21-40(36-38)60(53-31-13-9-24-46(53)47-27-17-33-55-56(47)49-25-10-14-32-54(49)61-55)41-34-35-45-43-22-8-12-30-51(43)59(3,52(45)37-41)39-19-5-4-6-20-39/h4-37H,1-3H3. The molecule has 0 fully saturated rings. The predicted octanol–water partition coefficient (Wildman–Crippen LogP) is 16.0. The predicted molar refractivity (Wildman–Crippen MR) is 254 cm³/mol. The van der Waals surface area contributed by atoms with Crippen LogP contribution in [0.2, 0.25) is 0 Å². The quantitative estimate of drug-likeness (QED) is 0.167. The van der Waals surface area contributed by atoms with Crippen LogP contribution in [0, 0.1) is 0 Å². The van der Waals surface area contributed by atoms with Crippen molar-refractivity contribution in [3.8, 4) is 44.5 Å². The molecule has 2 aliphatic carbocycles. The van der Waals surface area contributed by atoms with E-state index in [0.29, 0.717) is 0 Å². The van der Waals surface area contributed by atoms with E-state index in [9.17, 15) is 0 Å². The molecule has 2 aliphatic rings. The zero-order chi connectivity index (χ0) is 40.9. The van der Waals surface area contributed by atoms with Gasteiger partial charge in [-0.2, -0.15) is 0 Å². The van der Waals surface area contributed by atoms with E-state index in [1.165, 1.54) is 61.2 Å². The summed E-state index contributed by atoms with van der Waals surface area (Å²) in [7, 11) is 0. The Morgan fingerprint density at radius 3 is 1.84 bits per heavy atom. The van der Waals surface area contributed by atoms with Crippen molar-refractivity contribution in [1.29, 1.82) is 0 Å². The van der Waals surface area contributed by atoms with E-state index in [0.717, 1.165) is 50.1 Å². The Labute approximate surface area is 357 Å². The van der Waals surface area contributed by atoms with Gasteiger partial charge in [-0.15, -0.1) is 0 Å². The fraction of sp³-hybridized carbons (Fsp3) is 0.0847. The van der Waals surface area contributed by atoms with Gasteiger partial charge in [0.1, 0.15) is 11.2 Å². The van der Waals surface area contributed by atoms with E-state index in [4.69, 9.17) is 4.42 Å². The van der Waals surface area contributed by atoms with Gasteiger partial charge in [0.05, 0.1) is 5.69 Å². The number of para-hydroxylation sites is 2. The summed E-state index contributed by atoms with van der Waals surface area (Å²) in [6, 6.07) is 75.7. The van der Waals surface area contributed by atoms with Gasteiger partial charge in [0.25, 0.3) is 0 Å². The molecule has 61 heavy (non-hydrogen) atoms. The van der Waals surface area contributed by atoms with E-state index in [-0.39, 0.29) is 10.8 Å². The maximum atomic E-state index is 6.46. The molecule has 9 aromatic carbocycles. The highest BCUT2D eigenvalue weighted by molar-refractivity contribution is 6.14. The molecular formula is C59H43NO. The van der Waals surface area contributed by atoms with Gasteiger partial charge in [-0.3, -0.25) is 0 Å². The molecule has 0 saturated carbocycles. The van der Waals surface area contributed by atoms with Crippen molar-refractivity contribution < 1.29 is 4.42 Å². The number of hydrogen-bond donors (Lipinski definition) is 0. The highest BCUT2D eigenvalue weighted by Crippen LogP contribution is 2.56. The van der Waals surface area contributed by atoms with Gasteiger partial charge in [-0.05, 0) is 116 Å². The monoisotopic (exact) mass is 781 g/mol. The molecule has 10 aromatic rings. The van der Waals surface area contributed by atoms with Crippen LogP contribution in [0.25, 0.3) is 66.4 Å². The molecule has 1 atom stereocenters.